The van der Waals surface area contributed by atoms with E-state index in [1.54, 1.807) is 0 Å². The lowest BCUT2D eigenvalue weighted by atomic mass is 9.95. The summed E-state index contributed by atoms with van der Waals surface area (Å²) in [4.78, 5) is 2.22. The maximum Gasteiger partial charge on any atom is 0.0767 e. The molecule has 0 saturated carbocycles. The Kier molecular flexibility index (Phi) is 8.84. The van der Waals surface area contributed by atoms with Crippen molar-refractivity contribution in [3.63, 3.8) is 0 Å². The van der Waals surface area contributed by atoms with Gasteiger partial charge in [0.15, 0.2) is 0 Å². The number of hydrogen-bond donors (Lipinski definition) is 2. The predicted octanol–water partition coefficient (Wildman–Crippen LogP) is 0.835. The van der Waals surface area contributed by atoms with Gasteiger partial charge < -0.3 is 20.5 Å². The van der Waals surface area contributed by atoms with Crippen molar-refractivity contribution in [2.75, 3.05) is 39.9 Å². The van der Waals surface area contributed by atoms with E-state index in [1.165, 1.54) is 0 Å². The predicted molar refractivity (Wildman–Crippen MR) is 67.5 cm³/mol. The molecule has 0 aliphatic rings. The molecule has 0 aromatic heterocycles. The smallest absolute Gasteiger partial charge is 0.0767 e. The SMILES string of the molecule is CCOCCN(C)CCCC(O)(CC)CN. The summed E-state index contributed by atoms with van der Waals surface area (Å²) in [6, 6.07) is 0. The Morgan fingerprint density at radius 3 is 2.50 bits per heavy atom. The van der Waals surface area contributed by atoms with Gasteiger partial charge in [0, 0.05) is 19.7 Å². The van der Waals surface area contributed by atoms with E-state index in [-0.39, 0.29) is 0 Å². The largest absolute Gasteiger partial charge is 0.389 e. The number of ether oxygens (including phenoxy) is 1. The molecule has 0 fully saturated rings. The van der Waals surface area contributed by atoms with Crippen LogP contribution in [-0.4, -0.2) is 55.5 Å². The highest BCUT2D eigenvalue weighted by atomic mass is 16.5. The fourth-order valence-corrected chi connectivity index (χ4v) is 1.58. The van der Waals surface area contributed by atoms with Gasteiger partial charge >= 0.3 is 0 Å². The van der Waals surface area contributed by atoms with Crippen LogP contribution in [0.5, 0.6) is 0 Å². The topological polar surface area (TPSA) is 58.7 Å². The third-order valence-corrected chi connectivity index (χ3v) is 3.04. The summed E-state index contributed by atoms with van der Waals surface area (Å²) in [7, 11) is 2.08. The molecule has 4 heteroatoms. The van der Waals surface area contributed by atoms with Gasteiger partial charge in [-0.25, -0.2) is 0 Å². The molecule has 3 N–H and O–H groups in total. The zero-order valence-corrected chi connectivity index (χ0v) is 11.0. The first kappa shape index (κ1) is 15.8. The van der Waals surface area contributed by atoms with Gasteiger partial charge in [-0.15, -0.1) is 0 Å². The van der Waals surface area contributed by atoms with E-state index in [2.05, 4.69) is 11.9 Å². The van der Waals surface area contributed by atoms with Gasteiger partial charge in [0.1, 0.15) is 0 Å². The third-order valence-electron chi connectivity index (χ3n) is 3.04. The highest BCUT2D eigenvalue weighted by Gasteiger charge is 2.21. The van der Waals surface area contributed by atoms with Crippen LogP contribution in [0.4, 0.5) is 0 Å². The molecule has 0 radical (unpaired) electrons. The van der Waals surface area contributed by atoms with Crippen LogP contribution in [0.3, 0.4) is 0 Å². The van der Waals surface area contributed by atoms with Gasteiger partial charge in [-0.3, -0.25) is 0 Å². The molecule has 0 rings (SSSR count). The number of nitrogens with two attached hydrogens (primary N) is 1. The summed E-state index contributed by atoms with van der Waals surface area (Å²) in [6.07, 6.45) is 2.48. The molecule has 4 nitrogen and oxygen atoms in total. The highest BCUT2D eigenvalue weighted by molar-refractivity contribution is 4.77. The lowest BCUT2D eigenvalue weighted by Gasteiger charge is -2.26. The average molecular weight is 232 g/mol. The van der Waals surface area contributed by atoms with Crippen molar-refractivity contribution in [1.29, 1.82) is 0 Å². The van der Waals surface area contributed by atoms with Crippen molar-refractivity contribution in [2.45, 2.75) is 38.7 Å². The van der Waals surface area contributed by atoms with Crippen LogP contribution in [0, 0.1) is 0 Å². The second kappa shape index (κ2) is 8.93. The van der Waals surface area contributed by atoms with E-state index >= 15 is 0 Å². The van der Waals surface area contributed by atoms with Gasteiger partial charge in [-0.05, 0) is 39.8 Å². The summed E-state index contributed by atoms with van der Waals surface area (Å²) in [5, 5.41) is 9.99. The van der Waals surface area contributed by atoms with Crippen LogP contribution in [0.2, 0.25) is 0 Å². The molecule has 0 aliphatic heterocycles. The standard InChI is InChI=1S/C12H28N2O2/c1-4-12(15,11-13)7-6-8-14(3)9-10-16-5-2/h15H,4-11,13H2,1-3H3. The van der Waals surface area contributed by atoms with Crippen LogP contribution in [-0.2, 0) is 4.74 Å². The van der Waals surface area contributed by atoms with E-state index in [4.69, 9.17) is 10.5 Å². The van der Waals surface area contributed by atoms with E-state index in [1.807, 2.05) is 13.8 Å². The molecule has 0 amide bonds. The number of hydrogen-bond acceptors (Lipinski definition) is 4. The van der Waals surface area contributed by atoms with Crippen LogP contribution >= 0.6 is 0 Å². The van der Waals surface area contributed by atoms with E-state index < -0.39 is 5.60 Å². The van der Waals surface area contributed by atoms with Crippen molar-refractivity contribution in [3.8, 4) is 0 Å². The molecular formula is C12H28N2O2. The molecule has 1 atom stereocenters. The molecule has 0 spiro atoms. The number of nitrogens with zero attached hydrogens (tertiary/aromatic N) is 1. The van der Waals surface area contributed by atoms with Crippen LogP contribution in [0.15, 0.2) is 0 Å². The molecule has 16 heavy (non-hydrogen) atoms. The lowest BCUT2D eigenvalue weighted by Crippen LogP contribution is -2.37. The molecule has 0 heterocycles. The summed E-state index contributed by atoms with van der Waals surface area (Å²) in [5.74, 6) is 0. The maximum absolute atomic E-state index is 9.99. The molecule has 0 bridgehead atoms. The van der Waals surface area contributed by atoms with Gasteiger partial charge in [-0.1, -0.05) is 6.92 Å². The zero-order chi connectivity index (χ0) is 12.4. The van der Waals surface area contributed by atoms with Crippen LogP contribution in [0.25, 0.3) is 0 Å². The number of aliphatic hydroxyl groups is 1. The van der Waals surface area contributed by atoms with Gasteiger partial charge in [0.25, 0.3) is 0 Å². The molecule has 0 saturated heterocycles. The zero-order valence-electron chi connectivity index (χ0n) is 11.0. The fraction of sp³-hybridized carbons (Fsp3) is 1.00. The van der Waals surface area contributed by atoms with E-state index in [0.29, 0.717) is 6.54 Å². The minimum absolute atomic E-state index is 0.353. The van der Waals surface area contributed by atoms with Crippen molar-refractivity contribution >= 4 is 0 Å². The van der Waals surface area contributed by atoms with Crippen molar-refractivity contribution < 1.29 is 9.84 Å². The minimum atomic E-state index is -0.666. The summed E-state index contributed by atoms with van der Waals surface area (Å²) in [5.41, 5.74) is 4.88. The Morgan fingerprint density at radius 1 is 1.31 bits per heavy atom. The maximum atomic E-state index is 9.99. The second-order valence-electron chi connectivity index (χ2n) is 4.39. The summed E-state index contributed by atoms with van der Waals surface area (Å²) >= 11 is 0. The first-order valence-electron chi connectivity index (χ1n) is 6.26. The first-order valence-corrected chi connectivity index (χ1v) is 6.26. The Bertz CT molecular complexity index is 161. The Balaban J connectivity index is 3.56. The average Bonchev–Trinajstić information content (AvgIpc) is 2.29. The minimum Gasteiger partial charge on any atom is -0.389 e. The Hall–Kier alpha value is -0.160. The van der Waals surface area contributed by atoms with Crippen LogP contribution < -0.4 is 5.73 Å². The molecule has 0 aromatic carbocycles. The monoisotopic (exact) mass is 232 g/mol. The number of likely N-dealkylation sites (N-methyl/N-ethyl adjacent to an activating group) is 1. The van der Waals surface area contributed by atoms with Gasteiger partial charge in [0.05, 0.1) is 12.2 Å². The van der Waals surface area contributed by atoms with E-state index in [9.17, 15) is 5.11 Å². The normalized spacial score (nSPS) is 15.4. The van der Waals surface area contributed by atoms with E-state index in [0.717, 1.165) is 45.6 Å². The second-order valence-corrected chi connectivity index (χ2v) is 4.39. The number of rotatable bonds is 10. The van der Waals surface area contributed by atoms with Gasteiger partial charge in [-0.2, -0.15) is 0 Å². The Labute approximate surface area is 99.8 Å². The van der Waals surface area contributed by atoms with Crippen LogP contribution in [0.1, 0.15) is 33.1 Å². The molecule has 0 aromatic rings. The molecular weight excluding hydrogens is 204 g/mol. The van der Waals surface area contributed by atoms with Gasteiger partial charge in [0.2, 0.25) is 0 Å². The molecule has 1 unspecified atom stereocenters. The van der Waals surface area contributed by atoms with Crippen molar-refractivity contribution in [2.24, 2.45) is 5.73 Å². The summed E-state index contributed by atoms with van der Waals surface area (Å²) < 4.78 is 5.28. The van der Waals surface area contributed by atoms with Crippen molar-refractivity contribution in [1.82, 2.24) is 4.90 Å². The lowest BCUT2D eigenvalue weighted by molar-refractivity contribution is 0.0314. The summed E-state index contributed by atoms with van der Waals surface area (Å²) in [6.45, 7) is 7.81. The fourth-order valence-electron chi connectivity index (χ4n) is 1.58. The first-order chi connectivity index (χ1) is 7.58. The molecule has 0 aliphatic carbocycles. The molecule has 98 valence electrons. The third kappa shape index (κ3) is 7.17. The highest BCUT2D eigenvalue weighted by Crippen LogP contribution is 2.15. The Morgan fingerprint density at radius 2 is 2.00 bits per heavy atom. The van der Waals surface area contributed by atoms with Crippen molar-refractivity contribution in [3.05, 3.63) is 0 Å². The quantitative estimate of drug-likeness (QED) is 0.548.